The van der Waals surface area contributed by atoms with Crippen LogP contribution in [0.5, 0.6) is 0 Å². The molecule has 0 aromatic carbocycles. The molecule has 0 saturated carbocycles. The minimum Gasteiger partial charge on any atom is -0.460 e. The Morgan fingerprint density at radius 3 is 2.50 bits per heavy atom. The average Bonchev–Trinajstić information content (AvgIpc) is 2.55. The maximum absolute atomic E-state index is 11.7. The maximum atomic E-state index is 11.7. The van der Waals surface area contributed by atoms with Gasteiger partial charge in [-0.15, -0.1) is 24.0 Å². The predicted molar refractivity (Wildman–Crippen MR) is 124 cm³/mol. The molecule has 0 bridgehead atoms. The number of carbonyl (C=O) groups is 2. The molecule has 1 aliphatic heterocycles. The molecule has 1 amide bonds. The number of piperidine rings is 1. The normalized spacial score (nSPS) is 17.6. The Morgan fingerprint density at radius 2 is 1.89 bits per heavy atom. The lowest BCUT2D eigenvalue weighted by atomic mass is 9.95. The number of esters is 1. The zero-order chi connectivity index (χ0) is 20.3. The van der Waals surface area contributed by atoms with Crippen LogP contribution in [-0.4, -0.2) is 55.0 Å². The molecular weight excluding hydrogens is 471 g/mol. The molecule has 1 aliphatic rings. The zero-order valence-electron chi connectivity index (χ0n) is 18.0. The van der Waals surface area contributed by atoms with Crippen LogP contribution < -0.4 is 11.1 Å². The first-order chi connectivity index (χ1) is 12.7. The second kappa shape index (κ2) is 14.0. The smallest absolute Gasteiger partial charge is 0.306 e. The van der Waals surface area contributed by atoms with Gasteiger partial charge in [-0.25, -0.2) is 0 Å². The molecule has 1 fully saturated rings. The SMILES string of the molecule is CN=C(NCCCCCCC(=O)OC(C)(C)C)N1CCCC(CC(N)=O)C1.I. The van der Waals surface area contributed by atoms with E-state index in [2.05, 4.69) is 15.2 Å². The molecule has 1 rings (SSSR count). The molecule has 8 heteroatoms. The Hall–Kier alpha value is -1.06. The molecule has 0 aliphatic carbocycles. The fourth-order valence-electron chi connectivity index (χ4n) is 3.38. The van der Waals surface area contributed by atoms with Gasteiger partial charge in [0, 0.05) is 39.5 Å². The molecule has 1 saturated heterocycles. The second-order valence-corrected chi connectivity index (χ2v) is 8.35. The highest BCUT2D eigenvalue weighted by molar-refractivity contribution is 14.0. The number of likely N-dealkylation sites (tertiary alicyclic amines) is 1. The molecule has 0 aromatic heterocycles. The van der Waals surface area contributed by atoms with Gasteiger partial charge in [0.2, 0.25) is 5.91 Å². The van der Waals surface area contributed by atoms with Crippen LogP contribution in [0.15, 0.2) is 4.99 Å². The molecular formula is C20H39IN4O3. The predicted octanol–water partition coefficient (Wildman–Crippen LogP) is 3.06. The number of amides is 1. The van der Waals surface area contributed by atoms with Crippen molar-refractivity contribution in [3.05, 3.63) is 0 Å². The van der Waals surface area contributed by atoms with E-state index in [9.17, 15) is 9.59 Å². The van der Waals surface area contributed by atoms with Crippen LogP contribution in [0.1, 0.15) is 72.1 Å². The van der Waals surface area contributed by atoms with Crippen LogP contribution in [0.25, 0.3) is 0 Å². The first-order valence-corrected chi connectivity index (χ1v) is 10.2. The number of guanidine groups is 1. The Balaban J connectivity index is 0.00000729. The Kier molecular flexibility index (Phi) is 13.5. The van der Waals surface area contributed by atoms with Gasteiger partial charge < -0.3 is 20.7 Å². The van der Waals surface area contributed by atoms with Crippen molar-refractivity contribution in [2.75, 3.05) is 26.7 Å². The number of ether oxygens (including phenoxy) is 1. The molecule has 164 valence electrons. The quantitative estimate of drug-likeness (QED) is 0.163. The summed E-state index contributed by atoms with van der Waals surface area (Å²) in [6.45, 7) is 8.32. The van der Waals surface area contributed by atoms with Crippen LogP contribution in [-0.2, 0) is 14.3 Å². The number of aliphatic imine (C=N–C) groups is 1. The lowest BCUT2D eigenvalue weighted by Crippen LogP contribution is -2.47. The largest absolute Gasteiger partial charge is 0.460 e. The van der Waals surface area contributed by atoms with Gasteiger partial charge in [-0.3, -0.25) is 14.6 Å². The van der Waals surface area contributed by atoms with Gasteiger partial charge in [-0.05, 0) is 52.4 Å². The lowest BCUT2D eigenvalue weighted by Gasteiger charge is -2.34. The third-order valence-electron chi connectivity index (χ3n) is 4.53. The molecule has 3 N–H and O–H groups in total. The van der Waals surface area contributed by atoms with E-state index in [4.69, 9.17) is 10.5 Å². The van der Waals surface area contributed by atoms with Crippen molar-refractivity contribution in [3.63, 3.8) is 0 Å². The molecule has 7 nitrogen and oxygen atoms in total. The highest BCUT2D eigenvalue weighted by Gasteiger charge is 2.23. The van der Waals surface area contributed by atoms with E-state index < -0.39 is 5.60 Å². The molecule has 1 unspecified atom stereocenters. The Morgan fingerprint density at radius 1 is 1.21 bits per heavy atom. The summed E-state index contributed by atoms with van der Waals surface area (Å²) in [7, 11) is 1.79. The van der Waals surface area contributed by atoms with Crippen molar-refractivity contribution < 1.29 is 14.3 Å². The minimum atomic E-state index is -0.401. The van der Waals surface area contributed by atoms with E-state index in [1.54, 1.807) is 7.05 Å². The van der Waals surface area contributed by atoms with E-state index in [0.29, 0.717) is 18.8 Å². The van der Waals surface area contributed by atoms with Crippen molar-refractivity contribution in [1.82, 2.24) is 10.2 Å². The Bertz CT molecular complexity index is 506. The van der Waals surface area contributed by atoms with Crippen LogP contribution in [0.3, 0.4) is 0 Å². The van der Waals surface area contributed by atoms with Gasteiger partial charge in [0.15, 0.2) is 5.96 Å². The van der Waals surface area contributed by atoms with Crippen LogP contribution >= 0.6 is 24.0 Å². The molecule has 0 radical (unpaired) electrons. The average molecular weight is 510 g/mol. The van der Waals surface area contributed by atoms with Crippen molar-refractivity contribution >= 4 is 41.8 Å². The first-order valence-electron chi connectivity index (χ1n) is 10.2. The Labute approximate surface area is 187 Å². The molecule has 28 heavy (non-hydrogen) atoms. The van der Waals surface area contributed by atoms with Gasteiger partial charge in [0.25, 0.3) is 0 Å². The van der Waals surface area contributed by atoms with E-state index in [1.807, 2.05) is 20.8 Å². The summed E-state index contributed by atoms with van der Waals surface area (Å²) in [5, 5.41) is 3.41. The summed E-state index contributed by atoms with van der Waals surface area (Å²) in [6.07, 6.45) is 7.03. The number of rotatable bonds is 9. The van der Waals surface area contributed by atoms with Gasteiger partial charge >= 0.3 is 5.97 Å². The number of nitrogens with one attached hydrogen (secondary N) is 1. The van der Waals surface area contributed by atoms with Crippen LogP contribution in [0.4, 0.5) is 0 Å². The van der Waals surface area contributed by atoms with Gasteiger partial charge in [-0.2, -0.15) is 0 Å². The number of hydrogen-bond donors (Lipinski definition) is 2. The zero-order valence-corrected chi connectivity index (χ0v) is 20.3. The van der Waals surface area contributed by atoms with Gasteiger partial charge in [0.1, 0.15) is 5.60 Å². The highest BCUT2D eigenvalue weighted by atomic mass is 127. The second-order valence-electron chi connectivity index (χ2n) is 8.35. The summed E-state index contributed by atoms with van der Waals surface area (Å²) in [5.74, 6) is 0.883. The van der Waals surface area contributed by atoms with Crippen LogP contribution in [0, 0.1) is 5.92 Å². The number of primary amides is 1. The standard InChI is InChI=1S/C20H38N4O3.HI/c1-20(2,3)27-18(26)11-7-5-6-8-12-23-19(22-4)24-13-9-10-16(15-24)14-17(21)25;/h16H,5-15H2,1-4H3,(H2,21,25)(H,22,23);1H. The topological polar surface area (TPSA) is 97.0 Å². The van der Waals surface area contributed by atoms with Crippen molar-refractivity contribution in [2.45, 2.75) is 77.7 Å². The van der Waals surface area contributed by atoms with E-state index in [0.717, 1.165) is 64.1 Å². The number of carbonyl (C=O) groups excluding carboxylic acids is 2. The summed E-state index contributed by atoms with van der Waals surface area (Å²) >= 11 is 0. The monoisotopic (exact) mass is 510 g/mol. The maximum Gasteiger partial charge on any atom is 0.306 e. The number of nitrogens with zero attached hydrogens (tertiary/aromatic N) is 2. The van der Waals surface area contributed by atoms with Crippen LogP contribution in [0.2, 0.25) is 0 Å². The van der Waals surface area contributed by atoms with Crippen molar-refractivity contribution in [2.24, 2.45) is 16.6 Å². The summed E-state index contributed by atoms with van der Waals surface area (Å²) in [6, 6.07) is 0. The fraction of sp³-hybridized carbons (Fsp3) is 0.850. The number of unbranched alkanes of at least 4 members (excludes halogenated alkanes) is 3. The van der Waals surface area contributed by atoms with Crippen molar-refractivity contribution in [3.8, 4) is 0 Å². The summed E-state index contributed by atoms with van der Waals surface area (Å²) in [5.41, 5.74) is 4.93. The molecule has 0 aromatic rings. The summed E-state index contributed by atoms with van der Waals surface area (Å²) < 4.78 is 5.31. The molecule has 1 heterocycles. The molecule has 1 atom stereocenters. The third kappa shape index (κ3) is 12.4. The first kappa shape index (κ1) is 26.9. The number of hydrogen-bond acceptors (Lipinski definition) is 4. The minimum absolute atomic E-state index is 0. The van der Waals surface area contributed by atoms with Crippen molar-refractivity contribution in [1.29, 1.82) is 0 Å². The fourth-order valence-corrected chi connectivity index (χ4v) is 3.38. The van der Waals surface area contributed by atoms with Gasteiger partial charge in [-0.1, -0.05) is 12.8 Å². The van der Waals surface area contributed by atoms with Gasteiger partial charge in [0.05, 0.1) is 0 Å². The van der Waals surface area contributed by atoms with E-state index in [-0.39, 0.29) is 35.9 Å². The summed E-state index contributed by atoms with van der Waals surface area (Å²) in [4.78, 5) is 29.4. The van der Waals surface area contributed by atoms with E-state index >= 15 is 0 Å². The van der Waals surface area contributed by atoms with E-state index in [1.165, 1.54) is 0 Å². The number of halogens is 1. The lowest BCUT2D eigenvalue weighted by molar-refractivity contribution is -0.154. The third-order valence-corrected chi connectivity index (χ3v) is 4.53. The highest BCUT2D eigenvalue weighted by Crippen LogP contribution is 2.19. The number of nitrogens with two attached hydrogens (primary N) is 1. The molecule has 0 spiro atoms.